The maximum absolute atomic E-state index is 12.6. The second-order valence-corrected chi connectivity index (χ2v) is 6.71. The second-order valence-electron chi connectivity index (χ2n) is 6.71. The molecule has 2 aliphatic heterocycles. The first-order valence-electron chi connectivity index (χ1n) is 7.82. The highest BCUT2D eigenvalue weighted by Crippen LogP contribution is 2.41. The van der Waals surface area contributed by atoms with Gasteiger partial charge in [-0.15, -0.1) is 0 Å². The van der Waals surface area contributed by atoms with Crippen molar-refractivity contribution in [3.8, 4) is 0 Å². The first-order chi connectivity index (χ1) is 10.9. The molecule has 0 amide bonds. The van der Waals surface area contributed by atoms with E-state index in [1.165, 1.54) is 0 Å². The molecule has 0 bridgehead atoms. The van der Waals surface area contributed by atoms with E-state index in [1.807, 2.05) is 18.2 Å². The van der Waals surface area contributed by atoms with Gasteiger partial charge < -0.3 is 19.3 Å². The first-order valence-corrected chi connectivity index (χ1v) is 7.82. The zero-order chi connectivity index (χ0) is 16.2. The summed E-state index contributed by atoms with van der Waals surface area (Å²) in [5, 5.41) is 7.94. The van der Waals surface area contributed by atoms with Crippen LogP contribution in [0.3, 0.4) is 0 Å². The fourth-order valence-corrected chi connectivity index (χ4v) is 3.61. The Morgan fingerprint density at radius 1 is 1.35 bits per heavy atom. The lowest BCUT2D eigenvalue weighted by atomic mass is 9.80. The van der Waals surface area contributed by atoms with E-state index in [0.717, 1.165) is 17.0 Å². The van der Waals surface area contributed by atoms with Crippen molar-refractivity contribution in [2.24, 2.45) is 16.8 Å². The third-order valence-corrected chi connectivity index (χ3v) is 4.46. The molecule has 0 aromatic carbocycles. The number of hydrogen-bond donors (Lipinski definition) is 0. The van der Waals surface area contributed by atoms with E-state index >= 15 is 0 Å². The zero-order valence-electron chi connectivity index (χ0n) is 13.2. The Bertz CT molecular complexity index is 680. The summed E-state index contributed by atoms with van der Waals surface area (Å²) in [6.45, 7) is 4.08. The number of ketones is 1. The van der Waals surface area contributed by atoms with Crippen LogP contribution in [0.2, 0.25) is 0 Å². The van der Waals surface area contributed by atoms with E-state index in [-0.39, 0.29) is 30.8 Å². The largest absolute Gasteiger partial charge is 0.454 e. The highest BCUT2D eigenvalue weighted by Gasteiger charge is 2.48. The van der Waals surface area contributed by atoms with Crippen molar-refractivity contribution in [3.05, 3.63) is 35.3 Å². The molecule has 6 heteroatoms. The van der Waals surface area contributed by atoms with E-state index in [2.05, 4.69) is 4.99 Å². The Kier molecular flexibility index (Phi) is 3.21. The Hall–Kier alpha value is -1.92. The number of ether oxygens (including phenoxy) is 3. The van der Waals surface area contributed by atoms with E-state index in [9.17, 15) is 4.79 Å². The van der Waals surface area contributed by atoms with Crippen molar-refractivity contribution in [2.45, 2.75) is 32.2 Å². The van der Waals surface area contributed by atoms with Gasteiger partial charge in [-0.2, -0.15) is 0 Å². The Morgan fingerprint density at radius 2 is 2.13 bits per heavy atom. The molecule has 0 radical (unpaired) electrons. The molecule has 2 aliphatic carbocycles. The smallest absolute Gasteiger partial charge is 0.267 e. The van der Waals surface area contributed by atoms with Gasteiger partial charge in [0.15, 0.2) is 11.5 Å². The SMILES string of the molecule is CC(C)([OH2+])OC1CC(=O)C2C1=NCC=C1C=C3OCOC3=C[C@@H]12. The normalized spacial score (nSPS) is 32.3. The molecule has 0 aromatic heterocycles. The van der Waals surface area contributed by atoms with Crippen LogP contribution in [-0.4, -0.2) is 41.8 Å². The third kappa shape index (κ3) is 2.52. The van der Waals surface area contributed by atoms with Crippen molar-refractivity contribution in [3.63, 3.8) is 0 Å². The number of carbonyl (C=O) groups excluding carboxylic acids is 1. The fourth-order valence-electron chi connectivity index (χ4n) is 3.61. The minimum Gasteiger partial charge on any atom is -0.454 e. The minimum atomic E-state index is -1.05. The van der Waals surface area contributed by atoms with Gasteiger partial charge in [0.25, 0.3) is 5.79 Å². The van der Waals surface area contributed by atoms with Gasteiger partial charge in [0.2, 0.25) is 6.79 Å². The van der Waals surface area contributed by atoms with Crippen LogP contribution >= 0.6 is 0 Å². The maximum Gasteiger partial charge on any atom is 0.267 e. The quantitative estimate of drug-likeness (QED) is 0.566. The van der Waals surface area contributed by atoms with Crippen LogP contribution in [0.15, 0.2) is 40.3 Å². The summed E-state index contributed by atoms with van der Waals surface area (Å²) in [5.41, 5.74) is 1.80. The third-order valence-electron chi connectivity index (χ3n) is 4.46. The van der Waals surface area contributed by atoms with E-state index in [4.69, 9.17) is 19.3 Å². The molecule has 4 aliphatic rings. The van der Waals surface area contributed by atoms with Crippen LogP contribution in [0.1, 0.15) is 20.3 Å². The molecule has 2 heterocycles. The summed E-state index contributed by atoms with van der Waals surface area (Å²) in [6, 6.07) is 0. The molecule has 4 rings (SSSR count). The highest BCUT2D eigenvalue weighted by atomic mass is 16.7. The van der Waals surface area contributed by atoms with Crippen LogP contribution < -0.4 is 0 Å². The second kappa shape index (κ2) is 5.04. The predicted molar refractivity (Wildman–Crippen MR) is 82.8 cm³/mol. The summed E-state index contributed by atoms with van der Waals surface area (Å²) in [7, 11) is 0. The summed E-state index contributed by atoms with van der Waals surface area (Å²) in [4.78, 5) is 17.2. The lowest BCUT2D eigenvalue weighted by Crippen LogP contribution is -2.35. The number of rotatable bonds is 2. The van der Waals surface area contributed by atoms with E-state index in [0.29, 0.717) is 12.3 Å². The molecule has 0 spiro atoms. The van der Waals surface area contributed by atoms with Gasteiger partial charge in [0, 0.05) is 26.2 Å². The van der Waals surface area contributed by atoms with Crippen LogP contribution in [-0.2, 0) is 19.0 Å². The van der Waals surface area contributed by atoms with Gasteiger partial charge in [0.1, 0.15) is 11.9 Å². The molecule has 1 saturated heterocycles. The predicted octanol–water partition coefficient (Wildman–Crippen LogP) is 1.20. The molecule has 1 saturated carbocycles. The van der Waals surface area contributed by atoms with Gasteiger partial charge in [-0.25, -0.2) is 0 Å². The maximum atomic E-state index is 12.6. The molecule has 122 valence electrons. The van der Waals surface area contributed by atoms with Crippen molar-refractivity contribution in [1.29, 1.82) is 0 Å². The highest BCUT2D eigenvalue weighted by molar-refractivity contribution is 6.15. The number of carbonyl (C=O) groups is 1. The number of nitrogens with zero attached hydrogens (tertiary/aromatic N) is 1. The molecule has 3 atom stereocenters. The van der Waals surface area contributed by atoms with Gasteiger partial charge >= 0.3 is 0 Å². The molecular weight excluding hydrogens is 298 g/mol. The molecule has 6 nitrogen and oxygen atoms in total. The van der Waals surface area contributed by atoms with Crippen molar-refractivity contribution in [1.82, 2.24) is 0 Å². The van der Waals surface area contributed by atoms with Crippen LogP contribution in [0.4, 0.5) is 0 Å². The average molecular weight is 318 g/mol. The van der Waals surface area contributed by atoms with Crippen molar-refractivity contribution in [2.75, 3.05) is 13.3 Å². The summed E-state index contributed by atoms with van der Waals surface area (Å²) in [6.07, 6.45) is 5.81. The van der Waals surface area contributed by atoms with Crippen molar-refractivity contribution >= 4 is 11.5 Å². The summed E-state index contributed by atoms with van der Waals surface area (Å²) >= 11 is 0. The minimum absolute atomic E-state index is 0.0911. The number of Topliss-reactive ketones (excluding diaryl/α,β-unsaturated/α-hetero) is 1. The Labute approximate surface area is 134 Å². The topological polar surface area (TPSA) is 80.0 Å². The lowest BCUT2D eigenvalue weighted by molar-refractivity contribution is -0.189. The summed E-state index contributed by atoms with van der Waals surface area (Å²) in [5.74, 6) is 0.0688. The van der Waals surface area contributed by atoms with Crippen LogP contribution in [0, 0.1) is 11.8 Å². The molecular formula is C17H20NO5+. The molecule has 23 heavy (non-hydrogen) atoms. The monoisotopic (exact) mass is 318 g/mol. The lowest BCUT2D eigenvalue weighted by Gasteiger charge is -2.24. The van der Waals surface area contributed by atoms with Crippen LogP contribution in [0.25, 0.3) is 0 Å². The number of allylic oxidation sites excluding steroid dienone is 3. The first kappa shape index (κ1) is 14.7. The molecule has 2 fully saturated rings. The number of hydrogen-bond acceptors (Lipinski definition) is 5. The summed E-state index contributed by atoms with van der Waals surface area (Å²) < 4.78 is 16.7. The van der Waals surface area contributed by atoms with Gasteiger partial charge in [-0.3, -0.25) is 9.79 Å². The van der Waals surface area contributed by atoms with Gasteiger partial charge in [0.05, 0.1) is 18.2 Å². The number of fused-ring (bicyclic) bond motifs is 4. The number of aliphatic imine (C=N–C) groups is 1. The molecule has 0 aromatic rings. The molecule has 2 N–H and O–H groups in total. The van der Waals surface area contributed by atoms with Crippen LogP contribution in [0.5, 0.6) is 0 Å². The zero-order valence-corrected chi connectivity index (χ0v) is 13.2. The average Bonchev–Trinajstić information content (AvgIpc) is 2.95. The van der Waals surface area contributed by atoms with Crippen molar-refractivity contribution < 1.29 is 24.1 Å². The Balaban J connectivity index is 1.68. The Morgan fingerprint density at radius 3 is 2.91 bits per heavy atom. The van der Waals surface area contributed by atoms with E-state index < -0.39 is 11.9 Å². The van der Waals surface area contributed by atoms with Gasteiger partial charge in [-0.05, 0) is 17.7 Å². The van der Waals surface area contributed by atoms with Gasteiger partial charge in [-0.1, -0.05) is 6.08 Å². The fraction of sp³-hybridized carbons (Fsp3) is 0.529. The standard InChI is InChI=1S/C17H19NO5/c1-17(2,20)23-14-7-11(19)15-10-6-13-12(21-8-22-13)5-9(10)3-4-18-16(14)15/h3,5-6,10,14-15,20H,4,7-8H2,1-2H3/p+1/t10-,14?,15?/m0/s1. The van der Waals surface area contributed by atoms with E-state index in [1.54, 1.807) is 13.8 Å². The molecule has 2 unspecified atom stereocenters.